The van der Waals surface area contributed by atoms with Crippen LogP contribution in [0.5, 0.6) is 0 Å². The molecule has 0 amide bonds. The average molecular weight is 366 g/mol. The molecule has 0 spiro atoms. The summed E-state index contributed by atoms with van der Waals surface area (Å²) in [5, 5.41) is 2.30. The molecule has 0 aliphatic carbocycles. The van der Waals surface area contributed by atoms with Crippen LogP contribution in [0.25, 0.3) is 0 Å². The molecule has 1 heterocycles. The third kappa shape index (κ3) is 5.00. The summed E-state index contributed by atoms with van der Waals surface area (Å²) in [5.74, 6) is 0. The molecule has 0 saturated carbocycles. The van der Waals surface area contributed by atoms with Crippen LogP contribution in [-0.2, 0) is 11.3 Å². The van der Waals surface area contributed by atoms with E-state index in [0.29, 0.717) is 0 Å². The second-order valence-electron chi connectivity index (χ2n) is 9.30. The van der Waals surface area contributed by atoms with Gasteiger partial charge in [-0.2, -0.15) is 5.06 Å². The molecule has 3 rings (SSSR count). The summed E-state index contributed by atoms with van der Waals surface area (Å²) >= 11 is 0. The zero-order valence-electron chi connectivity index (χ0n) is 17.7. The van der Waals surface area contributed by atoms with Crippen molar-refractivity contribution in [3.05, 3.63) is 71.3 Å². The number of benzene rings is 2. The fourth-order valence-electron chi connectivity index (χ4n) is 4.39. The maximum absolute atomic E-state index is 6.79. The summed E-state index contributed by atoms with van der Waals surface area (Å²) in [6.07, 6.45) is 5.69. The predicted molar refractivity (Wildman–Crippen MR) is 114 cm³/mol. The predicted octanol–water partition coefficient (Wildman–Crippen LogP) is 6.64. The Morgan fingerprint density at radius 1 is 0.889 bits per heavy atom. The van der Waals surface area contributed by atoms with Gasteiger partial charge in [-0.15, -0.1) is 0 Å². The zero-order chi connectivity index (χ0) is 19.5. The largest absolute Gasteiger partial charge is 0.290 e. The number of hydroxylamine groups is 2. The first-order valence-electron chi connectivity index (χ1n) is 10.4. The second kappa shape index (κ2) is 8.16. The van der Waals surface area contributed by atoms with Crippen molar-refractivity contribution in [2.24, 2.45) is 0 Å². The van der Waals surface area contributed by atoms with Crippen molar-refractivity contribution in [1.29, 1.82) is 0 Å². The van der Waals surface area contributed by atoms with E-state index in [9.17, 15) is 0 Å². The molecular formula is C25H35NO. The van der Waals surface area contributed by atoms with Gasteiger partial charge >= 0.3 is 0 Å². The van der Waals surface area contributed by atoms with Crippen LogP contribution in [0.2, 0.25) is 0 Å². The van der Waals surface area contributed by atoms with Crippen LogP contribution >= 0.6 is 0 Å². The van der Waals surface area contributed by atoms with Gasteiger partial charge in [-0.1, -0.05) is 60.2 Å². The summed E-state index contributed by atoms with van der Waals surface area (Å²) in [6, 6.07) is 19.6. The third-order valence-corrected chi connectivity index (χ3v) is 5.90. The van der Waals surface area contributed by atoms with Gasteiger partial charge in [0, 0.05) is 11.1 Å². The van der Waals surface area contributed by atoms with Crippen molar-refractivity contribution >= 4 is 0 Å². The monoisotopic (exact) mass is 365 g/mol. The molecule has 2 nitrogen and oxygen atoms in total. The van der Waals surface area contributed by atoms with Crippen LogP contribution in [0.3, 0.4) is 0 Å². The van der Waals surface area contributed by atoms with Crippen molar-refractivity contribution in [1.82, 2.24) is 5.06 Å². The highest BCUT2D eigenvalue weighted by molar-refractivity contribution is 5.22. The molecule has 27 heavy (non-hydrogen) atoms. The number of hydrogen-bond donors (Lipinski definition) is 0. The zero-order valence-corrected chi connectivity index (χ0v) is 17.7. The van der Waals surface area contributed by atoms with Crippen LogP contribution in [0.4, 0.5) is 0 Å². The van der Waals surface area contributed by atoms with Gasteiger partial charge < -0.3 is 0 Å². The van der Waals surface area contributed by atoms with E-state index in [-0.39, 0.29) is 17.2 Å². The fraction of sp³-hybridized carbons (Fsp3) is 0.520. The van der Waals surface area contributed by atoms with Crippen molar-refractivity contribution in [3.63, 3.8) is 0 Å². The summed E-state index contributed by atoms with van der Waals surface area (Å²) in [7, 11) is 0. The molecule has 0 aromatic heterocycles. The molecule has 0 N–H and O–H groups in total. The van der Waals surface area contributed by atoms with Gasteiger partial charge in [0.05, 0.1) is 0 Å². The molecule has 1 atom stereocenters. The molecular weight excluding hydrogens is 330 g/mol. The van der Waals surface area contributed by atoms with Crippen molar-refractivity contribution < 1.29 is 4.84 Å². The van der Waals surface area contributed by atoms with Crippen LogP contribution in [0.1, 0.15) is 76.2 Å². The minimum Gasteiger partial charge on any atom is -0.290 e. The van der Waals surface area contributed by atoms with Crippen LogP contribution in [0.15, 0.2) is 54.6 Å². The summed E-state index contributed by atoms with van der Waals surface area (Å²) < 4.78 is 0. The Morgan fingerprint density at radius 3 is 2.07 bits per heavy atom. The van der Waals surface area contributed by atoms with E-state index < -0.39 is 0 Å². The molecule has 1 fully saturated rings. The van der Waals surface area contributed by atoms with Gasteiger partial charge in [-0.3, -0.25) is 4.84 Å². The standard InChI is InChI=1S/C25H35NO/c1-20-12-14-21(15-13-20)16-17-23(22-10-7-6-8-11-22)27-26-24(2,3)18-9-19-25(26,4)5/h6-8,10-15,23H,9,16-19H2,1-5H3. The Morgan fingerprint density at radius 2 is 1.48 bits per heavy atom. The lowest BCUT2D eigenvalue weighted by Gasteiger charge is -2.52. The van der Waals surface area contributed by atoms with Gasteiger partial charge in [0.15, 0.2) is 0 Å². The van der Waals surface area contributed by atoms with Gasteiger partial charge in [0.25, 0.3) is 0 Å². The molecule has 2 aromatic rings. The Hall–Kier alpha value is -1.64. The van der Waals surface area contributed by atoms with E-state index in [2.05, 4.69) is 94.3 Å². The highest BCUT2D eigenvalue weighted by Gasteiger charge is 2.43. The Labute approximate surface area is 165 Å². The van der Waals surface area contributed by atoms with E-state index in [0.717, 1.165) is 12.8 Å². The molecule has 1 unspecified atom stereocenters. The van der Waals surface area contributed by atoms with Crippen molar-refractivity contribution in [2.45, 2.75) is 83.9 Å². The smallest absolute Gasteiger partial charge is 0.105 e. The minimum absolute atomic E-state index is 0.0542. The van der Waals surface area contributed by atoms with E-state index >= 15 is 0 Å². The van der Waals surface area contributed by atoms with Gasteiger partial charge in [-0.05, 0) is 77.8 Å². The lowest BCUT2D eigenvalue weighted by molar-refractivity contribution is -0.308. The van der Waals surface area contributed by atoms with E-state index in [1.54, 1.807) is 0 Å². The van der Waals surface area contributed by atoms with Gasteiger partial charge in [0.1, 0.15) is 6.10 Å². The van der Waals surface area contributed by atoms with Crippen LogP contribution in [0, 0.1) is 6.92 Å². The number of nitrogens with zero attached hydrogens (tertiary/aromatic N) is 1. The number of rotatable bonds is 6. The van der Waals surface area contributed by atoms with E-state index in [1.165, 1.54) is 36.0 Å². The number of aryl methyl sites for hydroxylation is 2. The maximum atomic E-state index is 6.79. The lowest BCUT2D eigenvalue weighted by Crippen LogP contribution is -2.58. The Bertz CT molecular complexity index is 702. The van der Waals surface area contributed by atoms with Crippen LogP contribution < -0.4 is 0 Å². The molecule has 2 aromatic carbocycles. The number of piperidine rings is 1. The first-order chi connectivity index (χ1) is 12.8. The first kappa shape index (κ1) is 20.1. The maximum Gasteiger partial charge on any atom is 0.105 e. The molecule has 1 aliphatic heterocycles. The normalized spacial score (nSPS) is 20.3. The summed E-state index contributed by atoms with van der Waals surface area (Å²) in [6.45, 7) is 11.4. The van der Waals surface area contributed by atoms with Gasteiger partial charge in [-0.25, -0.2) is 0 Å². The highest BCUT2D eigenvalue weighted by atomic mass is 16.7. The van der Waals surface area contributed by atoms with Crippen LogP contribution in [-0.4, -0.2) is 16.1 Å². The average Bonchev–Trinajstić information content (AvgIpc) is 2.62. The Balaban J connectivity index is 1.80. The quantitative estimate of drug-likeness (QED) is 0.568. The number of hydrogen-bond acceptors (Lipinski definition) is 2. The lowest BCUT2D eigenvalue weighted by atomic mass is 9.82. The molecule has 0 radical (unpaired) electrons. The third-order valence-electron chi connectivity index (χ3n) is 5.90. The summed E-state index contributed by atoms with van der Waals surface area (Å²) in [5.41, 5.74) is 4.06. The topological polar surface area (TPSA) is 12.5 Å². The summed E-state index contributed by atoms with van der Waals surface area (Å²) in [4.78, 5) is 6.79. The highest BCUT2D eigenvalue weighted by Crippen LogP contribution is 2.41. The van der Waals surface area contributed by atoms with Crippen molar-refractivity contribution in [2.75, 3.05) is 0 Å². The Kier molecular flexibility index (Phi) is 6.08. The minimum atomic E-state index is 0.0542. The molecule has 1 aliphatic rings. The van der Waals surface area contributed by atoms with E-state index in [4.69, 9.17) is 4.84 Å². The molecule has 0 bridgehead atoms. The molecule has 2 heteroatoms. The molecule has 1 saturated heterocycles. The second-order valence-corrected chi connectivity index (χ2v) is 9.30. The fourth-order valence-corrected chi connectivity index (χ4v) is 4.39. The molecule has 146 valence electrons. The van der Waals surface area contributed by atoms with E-state index in [1.807, 2.05) is 0 Å². The SMILES string of the molecule is Cc1ccc(CCC(ON2C(C)(C)CCCC2(C)C)c2ccccc2)cc1. The van der Waals surface area contributed by atoms with Crippen molar-refractivity contribution in [3.8, 4) is 0 Å². The van der Waals surface area contributed by atoms with Gasteiger partial charge in [0.2, 0.25) is 0 Å². The first-order valence-corrected chi connectivity index (χ1v) is 10.4.